The fourth-order valence-electron chi connectivity index (χ4n) is 3.47. The molecule has 3 rings (SSSR count). The molecule has 1 saturated carbocycles. The van der Waals surface area contributed by atoms with Gasteiger partial charge in [-0.25, -0.2) is 0 Å². The third-order valence-corrected chi connectivity index (χ3v) is 6.71. The zero-order chi connectivity index (χ0) is 21.7. The lowest BCUT2D eigenvalue weighted by Crippen LogP contribution is -2.46. The molecule has 0 bridgehead atoms. The summed E-state index contributed by atoms with van der Waals surface area (Å²) in [5.41, 5.74) is 1.78. The molecule has 9 heteroatoms. The number of aromatic nitrogens is 3. The number of carbonyl (C=O) groups is 2. The second-order valence-corrected chi connectivity index (χ2v) is 9.06. The van der Waals surface area contributed by atoms with Crippen molar-refractivity contribution in [3.8, 4) is 5.69 Å². The van der Waals surface area contributed by atoms with E-state index in [9.17, 15) is 9.59 Å². The molecule has 1 fully saturated rings. The minimum Gasteiger partial charge on any atom is -0.452 e. The molecule has 7 nitrogen and oxygen atoms in total. The van der Waals surface area contributed by atoms with E-state index in [1.165, 1.54) is 18.2 Å². The van der Waals surface area contributed by atoms with Crippen LogP contribution in [0.3, 0.4) is 0 Å². The van der Waals surface area contributed by atoms with E-state index in [2.05, 4.69) is 22.4 Å². The maximum atomic E-state index is 12.4. The van der Waals surface area contributed by atoms with Gasteiger partial charge in [0.1, 0.15) is 6.33 Å². The van der Waals surface area contributed by atoms with Gasteiger partial charge in [-0.3, -0.25) is 14.2 Å². The predicted octanol–water partition coefficient (Wildman–Crippen LogP) is 3.95. The van der Waals surface area contributed by atoms with Crippen molar-refractivity contribution >= 4 is 35.2 Å². The van der Waals surface area contributed by atoms with Gasteiger partial charge in [0.05, 0.1) is 11.4 Å². The van der Waals surface area contributed by atoms with Crippen LogP contribution < -0.4 is 5.32 Å². The summed E-state index contributed by atoms with van der Waals surface area (Å²) < 4.78 is 7.07. The monoisotopic (exact) mass is 450 g/mol. The molecule has 3 unspecified atom stereocenters. The van der Waals surface area contributed by atoms with Gasteiger partial charge in [0.2, 0.25) is 0 Å². The van der Waals surface area contributed by atoms with Crippen molar-refractivity contribution in [3.05, 3.63) is 35.1 Å². The maximum absolute atomic E-state index is 12.4. The molecule has 3 atom stereocenters. The molecule has 1 aliphatic carbocycles. The number of halogens is 1. The van der Waals surface area contributed by atoms with Gasteiger partial charge in [-0.05, 0) is 50.3 Å². The van der Waals surface area contributed by atoms with Crippen LogP contribution in [0.1, 0.15) is 45.1 Å². The van der Waals surface area contributed by atoms with Gasteiger partial charge in [0, 0.05) is 11.1 Å². The first-order valence-corrected chi connectivity index (χ1v) is 11.5. The van der Waals surface area contributed by atoms with Crippen LogP contribution in [0.2, 0.25) is 5.02 Å². The molecule has 1 aromatic carbocycles. The Morgan fingerprint density at radius 3 is 2.87 bits per heavy atom. The van der Waals surface area contributed by atoms with E-state index in [0.29, 0.717) is 16.1 Å². The van der Waals surface area contributed by atoms with Crippen molar-refractivity contribution in [3.63, 3.8) is 0 Å². The zero-order valence-corrected chi connectivity index (χ0v) is 19.0. The lowest BCUT2D eigenvalue weighted by atomic mass is 9.86. The van der Waals surface area contributed by atoms with Crippen LogP contribution in [0.5, 0.6) is 0 Å². The highest BCUT2D eigenvalue weighted by molar-refractivity contribution is 7.99. The average molecular weight is 451 g/mol. The molecule has 0 spiro atoms. The fraction of sp³-hybridized carbons (Fsp3) is 0.524. The maximum Gasteiger partial charge on any atom is 0.317 e. The molecule has 2 aromatic rings. The number of thioether (sulfide) groups is 1. The summed E-state index contributed by atoms with van der Waals surface area (Å²) in [6, 6.07) is 5.79. The zero-order valence-electron chi connectivity index (χ0n) is 17.4. The van der Waals surface area contributed by atoms with Gasteiger partial charge >= 0.3 is 5.97 Å². The summed E-state index contributed by atoms with van der Waals surface area (Å²) in [6.45, 7) is 5.67. The molecule has 0 aliphatic heterocycles. The normalized spacial score (nSPS) is 19.9. The minimum atomic E-state index is -0.832. The van der Waals surface area contributed by atoms with Gasteiger partial charge in [0.25, 0.3) is 5.91 Å². The summed E-state index contributed by atoms with van der Waals surface area (Å²) in [4.78, 5) is 24.6. The number of rotatable bonds is 7. The van der Waals surface area contributed by atoms with Gasteiger partial charge in [-0.2, -0.15) is 0 Å². The smallest absolute Gasteiger partial charge is 0.317 e. The topological polar surface area (TPSA) is 86.1 Å². The van der Waals surface area contributed by atoms with Gasteiger partial charge in [0.15, 0.2) is 11.3 Å². The van der Waals surface area contributed by atoms with E-state index < -0.39 is 12.1 Å². The molecule has 0 radical (unpaired) electrons. The van der Waals surface area contributed by atoms with Crippen LogP contribution >= 0.6 is 23.4 Å². The average Bonchev–Trinajstić information content (AvgIpc) is 3.18. The number of nitrogens with one attached hydrogen (secondary N) is 1. The van der Waals surface area contributed by atoms with Crippen LogP contribution in [0.25, 0.3) is 5.69 Å². The van der Waals surface area contributed by atoms with Crippen LogP contribution in [0.15, 0.2) is 29.7 Å². The molecule has 1 aliphatic rings. The number of nitrogens with zero attached hydrogens (tertiary/aromatic N) is 3. The highest BCUT2D eigenvalue weighted by Gasteiger charge is 2.26. The van der Waals surface area contributed by atoms with Crippen LogP contribution in [-0.2, 0) is 14.3 Å². The molecule has 162 valence electrons. The van der Waals surface area contributed by atoms with Crippen molar-refractivity contribution in [1.82, 2.24) is 20.1 Å². The standard InChI is InChI=1S/C21H27ClN4O3S/c1-13-8-9-16(10-17(13)22)26-12-23-25-21(26)30-11-19(27)29-15(3)20(28)24-18-7-5-4-6-14(18)2/h8-10,12,14-15,18H,4-7,11H2,1-3H3,(H,24,28). The highest BCUT2D eigenvalue weighted by Crippen LogP contribution is 2.25. The van der Waals surface area contributed by atoms with E-state index >= 15 is 0 Å². The molecule has 1 amide bonds. The van der Waals surface area contributed by atoms with Crippen molar-refractivity contribution in [2.45, 2.75) is 63.8 Å². The Balaban J connectivity index is 1.52. The molecule has 1 heterocycles. The van der Waals surface area contributed by atoms with E-state index in [0.717, 1.165) is 30.5 Å². The molecular formula is C21H27ClN4O3S. The van der Waals surface area contributed by atoms with Crippen molar-refractivity contribution in [1.29, 1.82) is 0 Å². The molecular weight excluding hydrogens is 424 g/mol. The largest absolute Gasteiger partial charge is 0.452 e. The minimum absolute atomic E-state index is 0.0235. The van der Waals surface area contributed by atoms with Crippen molar-refractivity contribution < 1.29 is 14.3 Å². The molecule has 0 saturated heterocycles. The fourth-order valence-corrected chi connectivity index (χ4v) is 4.36. The van der Waals surface area contributed by atoms with E-state index in [1.807, 2.05) is 25.1 Å². The SMILES string of the molecule is Cc1ccc(-n2cnnc2SCC(=O)OC(C)C(=O)NC2CCCCC2C)cc1Cl. The second-order valence-electron chi connectivity index (χ2n) is 7.71. The highest BCUT2D eigenvalue weighted by atomic mass is 35.5. The summed E-state index contributed by atoms with van der Waals surface area (Å²) >= 11 is 7.40. The molecule has 1 aromatic heterocycles. The van der Waals surface area contributed by atoms with Gasteiger partial charge < -0.3 is 10.1 Å². The van der Waals surface area contributed by atoms with Gasteiger partial charge in [-0.15, -0.1) is 10.2 Å². The Labute approximate surface area is 185 Å². The summed E-state index contributed by atoms with van der Waals surface area (Å²) in [5.74, 6) is -0.251. The van der Waals surface area contributed by atoms with Crippen LogP contribution in [0.4, 0.5) is 0 Å². The first-order valence-electron chi connectivity index (χ1n) is 10.1. The van der Waals surface area contributed by atoms with E-state index in [1.54, 1.807) is 17.8 Å². The predicted molar refractivity (Wildman–Crippen MR) is 117 cm³/mol. The number of amides is 1. The second kappa shape index (κ2) is 10.3. The van der Waals surface area contributed by atoms with Crippen LogP contribution in [-0.4, -0.2) is 44.5 Å². The Bertz CT molecular complexity index is 904. The Kier molecular flexibility index (Phi) is 7.77. The summed E-state index contributed by atoms with van der Waals surface area (Å²) in [6.07, 6.45) is 5.14. The number of hydrogen-bond acceptors (Lipinski definition) is 6. The molecule has 1 N–H and O–H groups in total. The lowest BCUT2D eigenvalue weighted by Gasteiger charge is -2.30. The van der Waals surface area contributed by atoms with Gasteiger partial charge in [-0.1, -0.05) is 49.2 Å². The van der Waals surface area contributed by atoms with Crippen molar-refractivity contribution in [2.24, 2.45) is 5.92 Å². The quantitative estimate of drug-likeness (QED) is 0.507. The first-order chi connectivity index (χ1) is 14.3. The lowest BCUT2D eigenvalue weighted by molar-refractivity contribution is -0.152. The Morgan fingerprint density at radius 1 is 1.37 bits per heavy atom. The van der Waals surface area contributed by atoms with E-state index in [-0.39, 0.29) is 17.7 Å². The van der Waals surface area contributed by atoms with Crippen LogP contribution in [0, 0.1) is 12.8 Å². The number of carbonyl (C=O) groups excluding carboxylic acids is 2. The Morgan fingerprint density at radius 2 is 2.13 bits per heavy atom. The molecule has 30 heavy (non-hydrogen) atoms. The van der Waals surface area contributed by atoms with E-state index in [4.69, 9.17) is 16.3 Å². The summed E-state index contributed by atoms with van der Waals surface area (Å²) in [5, 5.41) is 12.2. The number of aryl methyl sites for hydroxylation is 1. The number of hydrogen-bond donors (Lipinski definition) is 1. The third kappa shape index (κ3) is 5.76. The third-order valence-electron chi connectivity index (χ3n) is 5.39. The Hall–Kier alpha value is -2.06. The number of ether oxygens (including phenoxy) is 1. The number of benzene rings is 1. The number of esters is 1. The summed E-state index contributed by atoms with van der Waals surface area (Å²) in [7, 11) is 0. The van der Waals surface area contributed by atoms with Crippen molar-refractivity contribution in [2.75, 3.05) is 5.75 Å². The first kappa shape index (κ1) is 22.6.